The predicted octanol–water partition coefficient (Wildman–Crippen LogP) is 3.86. The minimum Gasteiger partial charge on any atom is -0.337 e. The van der Waals surface area contributed by atoms with Crippen LogP contribution in [0.15, 0.2) is 31.9 Å². The quantitative estimate of drug-likeness (QED) is 0.746. The van der Waals surface area contributed by atoms with Crippen LogP contribution in [0.3, 0.4) is 0 Å². The van der Waals surface area contributed by atoms with Gasteiger partial charge in [0.1, 0.15) is 6.04 Å². The van der Waals surface area contributed by atoms with Crippen LogP contribution in [0.4, 0.5) is 0 Å². The van der Waals surface area contributed by atoms with Crippen LogP contribution in [0, 0.1) is 0 Å². The molecule has 1 N–H and O–H groups in total. The normalized spacial score (nSPS) is 18.1. The van der Waals surface area contributed by atoms with Gasteiger partial charge in [0.05, 0.1) is 8.66 Å². The number of aromatic nitrogens is 2. The number of nitrogens with zero attached hydrogens (tertiary/aromatic N) is 2. The van der Waals surface area contributed by atoms with Crippen LogP contribution in [0.5, 0.6) is 0 Å². The van der Waals surface area contributed by atoms with Gasteiger partial charge in [-0.05, 0) is 51.5 Å². The van der Waals surface area contributed by atoms with Crippen molar-refractivity contribution in [3.05, 3.63) is 43.7 Å². The summed E-state index contributed by atoms with van der Waals surface area (Å²) >= 11 is 6.85. The maximum atomic E-state index is 5.47. The number of fused-ring (bicyclic) bond motifs is 1. The molecule has 3 aromatic rings. The predicted molar refractivity (Wildman–Crippen MR) is 83.2 cm³/mol. The number of hydrogen-bond donors (Lipinski definition) is 1. The third kappa shape index (κ3) is 2.14. The Morgan fingerprint density at radius 2 is 2.30 bits per heavy atom. The molecule has 0 radical (unpaired) electrons. The van der Waals surface area contributed by atoms with Gasteiger partial charge in [-0.1, -0.05) is 5.16 Å². The molecule has 0 saturated heterocycles. The summed E-state index contributed by atoms with van der Waals surface area (Å²) in [5, 5.41) is 9.67. The monoisotopic (exact) mass is 367 g/mol. The van der Waals surface area contributed by atoms with E-state index in [2.05, 4.69) is 42.8 Å². The summed E-state index contributed by atoms with van der Waals surface area (Å²) < 4.78 is 6.53. The van der Waals surface area contributed by atoms with Crippen LogP contribution in [-0.2, 0) is 6.42 Å². The van der Waals surface area contributed by atoms with Crippen molar-refractivity contribution in [1.82, 2.24) is 15.5 Å². The van der Waals surface area contributed by atoms with Crippen molar-refractivity contribution in [3.63, 3.8) is 0 Å². The molecule has 0 bridgehead atoms. The number of thiophene rings is 2. The first-order valence-corrected chi connectivity index (χ1v) is 8.69. The lowest BCUT2D eigenvalue weighted by molar-refractivity contribution is 0.344. The van der Waals surface area contributed by atoms with Gasteiger partial charge in [0.25, 0.3) is 0 Å². The molecule has 0 aliphatic carbocycles. The molecule has 0 saturated carbocycles. The Balaban J connectivity index is 1.70. The average molecular weight is 368 g/mol. The van der Waals surface area contributed by atoms with Gasteiger partial charge in [-0.3, -0.25) is 0 Å². The number of rotatable bonds is 2. The highest BCUT2D eigenvalue weighted by Crippen LogP contribution is 2.34. The summed E-state index contributed by atoms with van der Waals surface area (Å²) in [6, 6.07) is 6.15. The fourth-order valence-corrected chi connectivity index (χ4v) is 4.59. The highest BCUT2D eigenvalue weighted by molar-refractivity contribution is 9.11. The maximum absolute atomic E-state index is 5.47. The lowest BCUT2D eigenvalue weighted by Gasteiger charge is -2.20. The molecule has 1 unspecified atom stereocenters. The van der Waals surface area contributed by atoms with Gasteiger partial charge in [0, 0.05) is 11.4 Å². The molecule has 4 nitrogen and oxygen atoms in total. The van der Waals surface area contributed by atoms with E-state index in [9.17, 15) is 0 Å². The molecule has 0 aromatic carbocycles. The molecule has 1 atom stereocenters. The molecule has 4 heterocycles. The molecule has 3 aromatic heterocycles. The van der Waals surface area contributed by atoms with Gasteiger partial charge < -0.3 is 9.84 Å². The van der Waals surface area contributed by atoms with E-state index in [0.29, 0.717) is 11.7 Å². The van der Waals surface area contributed by atoms with Crippen LogP contribution in [0.25, 0.3) is 10.7 Å². The largest absolute Gasteiger partial charge is 0.337 e. The van der Waals surface area contributed by atoms with E-state index < -0.39 is 0 Å². The zero-order valence-electron chi connectivity index (χ0n) is 10.3. The second kappa shape index (κ2) is 5.07. The fraction of sp³-hybridized carbons (Fsp3) is 0.231. The summed E-state index contributed by atoms with van der Waals surface area (Å²) in [6.45, 7) is 0.945. The third-order valence-corrected chi connectivity index (χ3v) is 5.89. The van der Waals surface area contributed by atoms with Gasteiger partial charge in [-0.25, -0.2) is 0 Å². The molecular weight excluding hydrogens is 358 g/mol. The molecule has 102 valence electrons. The van der Waals surface area contributed by atoms with Crippen molar-refractivity contribution in [1.29, 1.82) is 0 Å². The molecule has 1 aliphatic heterocycles. The van der Waals surface area contributed by atoms with Crippen LogP contribution < -0.4 is 5.32 Å². The Morgan fingerprint density at radius 1 is 1.35 bits per heavy atom. The molecule has 7 heteroatoms. The van der Waals surface area contributed by atoms with E-state index in [0.717, 1.165) is 21.6 Å². The van der Waals surface area contributed by atoms with Crippen LogP contribution in [0.1, 0.15) is 22.4 Å². The van der Waals surface area contributed by atoms with Gasteiger partial charge >= 0.3 is 0 Å². The highest BCUT2D eigenvalue weighted by atomic mass is 79.9. The van der Waals surface area contributed by atoms with Crippen molar-refractivity contribution < 1.29 is 4.52 Å². The third-order valence-electron chi connectivity index (χ3n) is 3.27. The lowest BCUT2D eigenvalue weighted by atomic mass is 10.0. The van der Waals surface area contributed by atoms with Crippen molar-refractivity contribution in [2.75, 3.05) is 6.54 Å². The lowest BCUT2D eigenvalue weighted by Crippen LogP contribution is -2.29. The Labute approximate surface area is 132 Å². The van der Waals surface area contributed by atoms with Gasteiger partial charge in [0.15, 0.2) is 0 Å². The van der Waals surface area contributed by atoms with E-state index in [4.69, 9.17) is 4.52 Å². The number of halogens is 1. The Bertz CT molecular complexity index is 748. The first-order chi connectivity index (χ1) is 9.81. The molecule has 4 rings (SSSR count). The Kier molecular flexibility index (Phi) is 3.22. The van der Waals surface area contributed by atoms with E-state index in [1.165, 1.54) is 10.4 Å². The minimum absolute atomic E-state index is 0.0228. The van der Waals surface area contributed by atoms with Crippen LogP contribution >= 0.6 is 38.6 Å². The van der Waals surface area contributed by atoms with E-state index >= 15 is 0 Å². The fourth-order valence-electron chi connectivity index (χ4n) is 2.36. The molecule has 20 heavy (non-hydrogen) atoms. The zero-order valence-corrected chi connectivity index (χ0v) is 13.5. The Morgan fingerprint density at radius 3 is 3.15 bits per heavy atom. The zero-order chi connectivity index (χ0) is 13.5. The average Bonchev–Trinajstić information content (AvgIpc) is 3.17. The van der Waals surface area contributed by atoms with Gasteiger partial charge in [-0.2, -0.15) is 4.98 Å². The first-order valence-electron chi connectivity index (χ1n) is 6.20. The van der Waals surface area contributed by atoms with E-state index in [1.807, 2.05) is 12.1 Å². The summed E-state index contributed by atoms with van der Waals surface area (Å²) in [4.78, 5) is 6.97. The number of nitrogens with one attached hydrogen (secondary N) is 1. The minimum atomic E-state index is 0.0228. The smallest absolute Gasteiger partial charge is 0.248 e. The summed E-state index contributed by atoms with van der Waals surface area (Å²) in [5.41, 5.74) is 1.27. The first kappa shape index (κ1) is 12.7. The second-order valence-electron chi connectivity index (χ2n) is 4.50. The van der Waals surface area contributed by atoms with Crippen molar-refractivity contribution in [2.24, 2.45) is 0 Å². The molecule has 0 fully saturated rings. The highest BCUT2D eigenvalue weighted by Gasteiger charge is 2.27. The topological polar surface area (TPSA) is 51.0 Å². The van der Waals surface area contributed by atoms with Crippen LogP contribution in [-0.4, -0.2) is 16.7 Å². The SMILES string of the molecule is Brc1ccc(-c2noc(C3NCCc4sccc43)n2)s1. The summed E-state index contributed by atoms with van der Waals surface area (Å²) in [6.07, 6.45) is 1.07. The second-order valence-corrected chi connectivity index (χ2v) is 7.96. The summed E-state index contributed by atoms with van der Waals surface area (Å²) in [5.74, 6) is 1.30. The van der Waals surface area contributed by atoms with Crippen LogP contribution in [0.2, 0.25) is 0 Å². The van der Waals surface area contributed by atoms with Gasteiger partial charge in [-0.15, -0.1) is 22.7 Å². The number of hydrogen-bond acceptors (Lipinski definition) is 6. The van der Waals surface area contributed by atoms with E-state index in [1.54, 1.807) is 22.7 Å². The van der Waals surface area contributed by atoms with Crippen molar-refractivity contribution in [3.8, 4) is 10.7 Å². The summed E-state index contributed by atoms with van der Waals surface area (Å²) in [7, 11) is 0. The molecule has 1 aliphatic rings. The molecular formula is C13H10BrN3OS2. The van der Waals surface area contributed by atoms with E-state index in [-0.39, 0.29) is 6.04 Å². The Hall–Kier alpha value is -1.02. The van der Waals surface area contributed by atoms with Crippen molar-refractivity contribution in [2.45, 2.75) is 12.5 Å². The molecule has 0 spiro atoms. The van der Waals surface area contributed by atoms with Crippen molar-refractivity contribution >= 4 is 38.6 Å². The van der Waals surface area contributed by atoms with Gasteiger partial charge in [0.2, 0.25) is 11.7 Å². The molecule has 0 amide bonds. The maximum Gasteiger partial charge on any atom is 0.248 e. The standard InChI is InChI=1S/C13H10BrN3OS2/c14-10-2-1-9(20-10)12-16-13(18-17-12)11-7-4-6-19-8(7)3-5-15-11/h1-2,4,6,11,15H,3,5H2.